The van der Waals surface area contributed by atoms with Gasteiger partial charge in [-0.1, -0.05) is 24.3 Å². The minimum atomic E-state index is 0.645. The molecule has 0 saturated heterocycles. The fraction of sp³-hybridized carbons (Fsp3) is 0.174. The molecule has 4 heteroatoms. The monoisotopic (exact) mass is 352 g/mol. The number of benzene rings is 2. The first kappa shape index (κ1) is 15.9. The molecule has 0 saturated carbocycles. The Morgan fingerprint density at radius 3 is 2.63 bits per heavy atom. The average Bonchev–Trinajstić information content (AvgIpc) is 2.73. The van der Waals surface area contributed by atoms with Crippen LogP contribution in [-0.4, -0.2) is 16.2 Å². The molecule has 0 fully saturated rings. The van der Waals surface area contributed by atoms with Crippen LogP contribution in [0.1, 0.15) is 29.5 Å². The van der Waals surface area contributed by atoms with Crippen molar-refractivity contribution < 1.29 is 0 Å². The lowest BCUT2D eigenvalue weighted by molar-refractivity contribution is 0.689. The van der Waals surface area contributed by atoms with E-state index < -0.39 is 0 Å². The van der Waals surface area contributed by atoms with E-state index >= 15 is 0 Å². The topological polar surface area (TPSA) is 75.7 Å². The summed E-state index contributed by atoms with van der Waals surface area (Å²) in [6, 6.07) is 12.2. The molecule has 3 N–H and O–H groups in total. The molecule has 4 aromatic rings. The smallest absolute Gasteiger partial charge is 0.0766 e. The molecule has 27 heavy (non-hydrogen) atoms. The van der Waals surface area contributed by atoms with Gasteiger partial charge in [0.15, 0.2) is 0 Å². The van der Waals surface area contributed by atoms with Crippen LogP contribution in [0.15, 0.2) is 48.8 Å². The lowest BCUT2D eigenvalue weighted by Gasteiger charge is -2.23. The maximum absolute atomic E-state index is 7.87. The molecule has 0 spiro atoms. The molecule has 0 atom stereocenters. The minimum Gasteiger partial charge on any atom is -0.398 e. The molecule has 0 aliphatic heterocycles. The van der Waals surface area contributed by atoms with Gasteiger partial charge in [0.1, 0.15) is 0 Å². The van der Waals surface area contributed by atoms with Crippen molar-refractivity contribution >= 4 is 33.6 Å². The van der Waals surface area contributed by atoms with Gasteiger partial charge in [0.2, 0.25) is 0 Å². The molecule has 1 aliphatic rings. The average molecular weight is 352 g/mol. The number of aromatic nitrogens is 2. The van der Waals surface area contributed by atoms with Crippen LogP contribution in [0.3, 0.4) is 0 Å². The predicted molar refractivity (Wildman–Crippen MR) is 111 cm³/mol. The fourth-order valence-corrected chi connectivity index (χ4v) is 4.35. The largest absolute Gasteiger partial charge is 0.398 e. The highest BCUT2D eigenvalue weighted by molar-refractivity contribution is 6.06. The first-order chi connectivity index (χ1) is 13.3. The molecule has 0 bridgehead atoms. The van der Waals surface area contributed by atoms with Crippen LogP contribution >= 0.6 is 0 Å². The highest BCUT2D eigenvalue weighted by Crippen LogP contribution is 2.39. The number of rotatable bonds is 2. The van der Waals surface area contributed by atoms with Crippen LogP contribution in [-0.2, 0) is 12.8 Å². The SMILES string of the molecule is N=Cc1c(N)ccc2nc(-c3cncc4ccccc34)c3c(c12)CCCC3. The quantitative estimate of drug-likeness (QED) is 0.397. The number of aryl methyl sites for hydroxylation is 1. The van der Waals surface area contributed by atoms with Crippen molar-refractivity contribution in [3.63, 3.8) is 0 Å². The van der Waals surface area contributed by atoms with E-state index in [1.807, 2.05) is 30.6 Å². The molecule has 2 aromatic heterocycles. The van der Waals surface area contributed by atoms with Gasteiger partial charge in [-0.3, -0.25) is 4.98 Å². The number of hydrogen-bond donors (Lipinski definition) is 2. The fourth-order valence-electron chi connectivity index (χ4n) is 4.35. The molecule has 2 heterocycles. The summed E-state index contributed by atoms with van der Waals surface area (Å²) in [7, 11) is 0. The number of nitrogens with two attached hydrogens (primary N) is 1. The third kappa shape index (κ3) is 2.40. The summed E-state index contributed by atoms with van der Waals surface area (Å²) in [5.41, 5.74) is 13.2. The lowest BCUT2D eigenvalue weighted by Crippen LogP contribution is -2.10. The summed E-state index contributed by atoms with van der Waals surface area (Å²) in [6.45, 7) is 0. The first-order valence-electron chi connectivity index (χ1n) is 9.35. The van der Waals surface area contributed by atoms with Gasteiger partial charge in [0.05, 0.1) is 11.2 Å². The van der Waals surface area contributed by atoms with E-state index in [0.29, 0.717) is 5.69 Å². The summed E-state index contributed by atoms with van der Waals surface area (Å²) < 4.78 is 0. The standard InChI is InChI=1S/C23H20N4/c24-11-18-20(25)9-10-21-22(18)16-7-3-4-8-17(16)23(27-21)19-13-26-12-14-5-1-2-6-15(14)19/h1-2,5-6,9-13,24H,3-4,7-8,25H2. The van der Waals surface area contributed by atoms with E-state index in [1.54, 1.807) is 0 Å². The molecule has 1 aliphatic carbocycles. The maximum atomic E-state index is 7.87. The predicted octanol–water partition coefficient (Wildman–Crippen LogP) is 4.91. The number of nitrogens with zero attached hydrogens (tertiary/aromatic N) is 2. The van der Waals surface area contributed by atoms with Gasteiger partial charge in [-0.05, 0) is 54.3 Å². The molecule has 5 rings (SSSR count). The second-order valence-corrected chi connectivity index (χ2v) is 7.14. The van der Waals surface area contributed by atoms with Gasteiger partial charge in [-0.25, -0.2) is 4.98 Å². The van der Waals surface area contributed by atoms with Crippen molar-refractivity contribution in [2.24, 2.45) is 0 Å². The van der Waals surface area contributed by atoms with E-state index in [-0.39, 0.29) is 0 Å². The van der Waals surface area contributed by atoms with Gasteiger partial charge in [0, 0.05) is 46.2 Å². The van der Waals surface area contributed by atoms with Crippen LogP contribution < -0.4 is 5.73 Å². The van der Waals surface area contributed by atoms with Crippen molar-refractivity contribution in [3.8, 4) is 11.3 Å². The van der Waals surface area contributed by atoms with Crippen molar-refractivity contribution in [1.82, 2.24) is 9.97 Å². The first-order valence-corrected chi connectivity index (χ1v) is 9.35. The van der Waals surface area contributed by atoms with E-state index in [2.05, 4.69) is 23.2 Å². The minimum absolute atomic E-state index is 0.645. The molecule has 132 valence electrons. The normalized spacial score (nSPS) is 13.6. The second kappa shape index (κ2) is 6.16. The molecule has 0 amide bonds. The van der Waals surface area contributed by atoms with Gasteiger partial charge in [0.25, 0.3) is 0 Å². The summed E-state index contributed by atoms with van der Waals surface area (Å²) in [4.78, 5) is 9.53. The highest BCUT2D eigenvalue weighted by atomic mass is 14.7. The maximum Gasteiger partial charge on any atom is 0.0766 e. The van der Waals surface area contributed by atoms with Crippen molar-refractivity contribution in [2.45, 2.75) is 25.7 Å². The van der Waals surface area contributed by atoms with Crippen molar-refractivity contribution in [1.29, 1.82) is 5.41 Å². The number of anilines is 1. The highest BCUT2D eigenvalue weighted by Gasteiger charge is 2.22. The number of nitrogens with one attached hydrogen (secondary N) is 1. The molecule has 2 aromatic carbocycles. The molecular weight excluding hydrogens is 332 g/mol. The van der Waals surface area contributed by atoms with Crippen molar-refractivity contribution in [2.75, 3.05) is 5.73 Å². The summed E-state index contributed by atoms with van der Waals surface area (Å²) in [5.74, 6) is 0. The Kier molecular flexibility index (Phi) is 3.64. The van der Waals surface area contributed by atoms with Gasteiger partial charge in [-0.15, -0.1) is 0 Å². The third-order valence-electron chi connectivity index (χ3n) is 5.61. The molecule has 4 nitrogen and oxygen atoms in total. The number of fused-ring (bicyclic) bond motifs is 4. The van der Waals surface area contributed by atoms with Crippen LogP contribution in [0.5, 0.6) is 0 Å². The Bertz CT molecular complexity index is 1200. The van der Waals surface area contributed by atoms with Crippen molar-refractivity contribution in [3.05, 3.63) is 65.5 Å². The second-order valence-electron chi connectivity index (χ2n) is 7.14. The zero-order chi connectivity index (χ0) is 18.4. The zero-order valence-corrected chi connectivity index (χ0v) is 15.0. The van der Waals surface area contributed by atoms with Crippen LogP contribution in [0.25, 0.3) is 32.9 Å². The van der Waals surface area contributed by atoms with E-state index in [1.165, 1.54) is 22.7 Å². The Morgan fingerprint density at radius 2 is 1.78 bits per heavy atom. The zero-order valence-electron chi connectivity index (χ0n) is 15.0. The third-order valence-corrected chi connectivity index (χ3v) is 5.61. The van der Waals surface area contributed by atoms with E-state index in [9.17, 15) is 0 Å². The van der Waals surface area contributed by atoms with Gasteiger partial charge in [-0.2, -0.15) is 0 Å². The Hall–Kier alpha value is -3.27. The van der Waals surface area contributed by atoms with E-state index in [4.69, 9.17) is 16.1 Å². The van der Waals surface area contributed by atoms with Gasteiger partial charge < -0.3 is 11.1 Å². The Morgan fingerprint density at radius 1 is 0.963 bits per heavy atom. The molecular formula is C23H20N4. The Balaban J connectivity index is 1.91. The van der Waals surface area contributed by atoms with Crippen LogP contribution in [0, 0.1) is 5.41 Å². The molecule has 0 radical (unpaired) electrons. The van der Waals surface area contributed by atoms with Gasteiger partial charge >= 0.3 is 0 Å². The van der Waals surface area contributed by atoms with Crippen LogP contribution in [0.4, 0.5) is 5.69 Å². The van der Waals surface area contributed by atoms with Crippen LogP contribution in [0.2, 0.25) is 0 Å². The summed E-state index contributed by atoms with van der Waals surface area (Å²) >= 11 is 0. The number of pyridine rings is 2. The van der Waals surface area contributed by atoms with E-state index in [0.717, 1.165) is 58.8 Å². The summed E-state index contributed by atoms with van der Waals surface area (Å²) in [5, 5.41) is 11.2. The molecule has 0 unspecified atom stereocenters. The lowest BCUT2D eigenvalue weighted by atomic mass is 9.84. The Labute approximate surface area is 157 Å². The summed E-state index contributed by atoms with van der Waals surface area (Å²) in [6.07, 6.45) is 9.53. The number of nitrogen functional groups attached to an aromatic ring is 1. The number of hydrogen-bond acceptors (Lipinski definition) is 4.